The summed E-state index contributed by atoms with van der Waals surface area (Å²) in [5, 5.41) is 5.27. The maximum Gasteiger partial charge on any atom is 0.237 e. The first-order valence-electron chi connectivity index (χ1n) is 8.99. The maximum atomic E-state index is 12.6. The van der Waals surface area contributed by atoms with E-state index in [9.17, 15) is 4.79 Å². The minimum Gasteiger partial charge on any atom is -0.486 e. The lowest BCUT2D eigenvalue weighted by atomic mass is 10.1. The summed E-state index contributed by atoms with van der Waals surface area (Å²) >= 11 is 1.63. The predicted octanol–water partition coefficient (Wildman–Crippen LogP) is 4.87. The van der Waals surface area contributed by atoms with E-state index in [0.29, 0.717) is 19.0 Å². The molecule has 0 bridgehead atoms. The molecule has 4 nitrogen and oxygen atoms in total. The van der Waals surface area contributed by atoms with Crippen molar-refractivity contribution in [1.82, 2.24) is 0 Å². The van der Waals surface area contributed by atoms with E-state index in [-0.39, 0.29) is 11.2 Å². The monoisotopic (exact) mass is 379 g/mol. The quantitative estimate of drug-likeness (QED) is 0.687. The summed E-state index contributed by atoms with van der Waals surface area (Å²) in [5.41, 5.74) is 1.97. The van der Waals surface area contributed by atoms with Crippen molar-refractivity contribution in [3.05, 3.63) is 66.2 Å². The standard InChI is InChI=1S/C22H21NO3S/c1-15(27-14-17-7-4-6-16-5-2-3-8-19(16)17)22(24)23-18-9-10-20-21(13-18)26-12-11-25-20/h2-10,13,15H,11-12,14H2,1H3,(H,23,24)/t15-/m1/s1. The van der Waals surface area contributed by atoms with E-state index >= 15 is 0 Å². The number of benzene rings is 3. The molecular formula is C22H21NO3S. The molecule has 0 aliphatic carbocycles. The number of anilines is 1. The molecule has 4 rings (SSSR count). The van der Waals surface area contributed by atoms with Gasteiger partial charge in [0.1, 0.15) is 13.2 Å². The molecule has 0 fully saturated rings. The third-order valence-corrected chi connectivity index (χ3v) is 5.74. The topological polar surface area (TPSA) is 47.6 Å². The van der Waals surface area contributed by atoms with Gasteiger partial charge in [0.05, 0.1) is 5.25 Å². The van der Waals surface area contributed by atoms with E-state index in [4.69, 9.17) is 9.47 Å². The first kappa shape index (κ1) is 17.7. The lowest BCUT2D eigenvalue weighted by molar-refractivity contribution is -0.115. The van der Waals surface area contributed by atoms with Gasteiger partial charge in [-0.2, -0.15) is 0 Å². The molecule has 1 heterocycles. The van der Waals surface area contributed by atoms with Crippen molar-refractivity contribution < 1.29 is 14.3 Å². The number of thioether (sulfide) groups is 1. The van der Waals surface area contributed by atoms with Crippen LogP contribution in [0.1, 0.15) is 12.5 Å². The zero-order valence-electron chi connectivity index (χ0n) is 15.1. The Morgan fingerprint density at radius 1 is 1.04 bits per heavy atom. The summed E-state index contributed by atoms with van der Waals surface area (Å²) in [5.74, 6) is 2.17. The lowest BCUT2D eigenvalue weighted by Gasteiger charge is -2.19. The summed E-state index contributed by atoms with van der Waals surface area (Å²) in [6, 6.07) is 20.1. The van der Waals surface area contributed by atoms with Gasteiger partial charge in [0.2, 0.25) is 5.91 Å². The van der Waals surface area contributed by atoms with E-state index in [2.05, 4.69) is 41.7 Å². The Balaban J connectivity index is 1.39. The maximum absolute atomic E-state index is 12.6. The summed E-state index contributed by atoms with van der Waals surface area (Å²) in [7, 11) is 0. The molecule has 1 aliphatic heterocycles. The summed E-state index contributed by atoms with van der Waals surface area (Å²) in [6.07, 6.45) is 0. The second-order valence-corrected chi connectivity index (χ2v) is 7.77. The van der Waals surface area contributed by atoms with Gasteiger partial charge in [-0.3, -0.25) is 4.79 Å². The average molecular weight is 379 g/mol. The number of nitrogens with one attached hydrogen (secondary N) is 1. The molecule has 1 aliphatic rings. The molecule has 0 spiro atoms. The number of fused-ring (bicyclic) bond motifs is 2. The molecule has 0 saturated carbocycles. The Kier molecular flexibility index (Phi) is 5.21. The van der Waals surface area contributed by atoms with Gasteiger partial charge in [-0.1, -0.05) is 42.5 Å². The van der Waals surface area contributed by atoms with Gasteiger partial charge in [-0.25, -0.2) is 0 Å². The Labute approximate surface area is 162 Å². The number of ether oxygens (including phenoxy) is 2. The number of carbonyl (C=O) groups is 1. The molecule has 27 heavy (non-hydrogen) atoms. The fourth-order valence-electron chi connectivity index (χ4n) is 3.07. The first-order valence-corrected chi connectivity index (χ1v) is 10.0. The highest BCUT2D eigenvalue weighted by Crippen LogP contribution is 2.33. The molecule has 138 valence electrons. The third kappa shape index (κ3) is 4.03. The smallest absolute Gasteiger partial charge is 0.237 e. The molecule has 0 radical (unpaired) electrons. The van der Waals surface area contributed by atoms with Crippen molar-refractivity contribution in [3.8, 4) is 11.5 Å². The van der Waals surface area contributed by atoms with Crippen LogP contribution in [0.15, 0.2) is 60.7 Å². The normalized spacial score (nSPS) is 14.0. The van der Waals surface area contributed by atoms with Crippen LogP contribution < -0.4 is 14.8 Å². The second-order valence-electron chi connectivity index (χ2n) is 6.44. The number of amides is 1. The van der Waals surface area contributed by atoms with Crippen LogP contribution in [0.2, 0.25) is 0 Å². The summed E-state index contributed by atoms with van der Waals surface area (Å²) in [4.78, 5) is 12.6. The minimum atomic E-state index is -0.169. The molecular weight excluding hydrogens is 358 g/mol. The predicted molar refractivity (Wildman–Crippen MR) is 111 cm³/mol. The van der Waals surface area contributed by atoms with E-state index in [1.54, 1.807) is 11.8 Å². The van der Waals surface area contributed by atoms with E-state index in [1.165, 1.54) is 16.3 Å². The van der Waals surface area contributed by atoms with E-state index in [0.717, 1.165) is 17.2 Å². The van der Waals surface area contributed by atoms with Crippen molar-refractivity contribution in [1.29, 1.82) is 0 Å². The van der Waals surface area contributed by atoms with Crippen LogP contribution in [0.25, 0.3) is 10.8 Å². The van der Waals surface area contributed by atoms with Crippen molar-refractivity contribution in [2.45, 2.75) is 17.9 Å². The molecule has 1 amide bonds. The van der Waals surface area contributed by atoms with Gasteiger partial charge in [0.25, 0.3) is 0 Å². The highest BCUT2D eigenvalue weighted by Gasteiger charge is 2.17. The average Bonchev–Trinajstić information content (AvgIpc) is 2.71. The summed E-state index contributed by atoms with van der Waals surface area (Å²) in [6.45, 7) is 3.02. The number of hydrogen-bond acceptors (Lipinski definition) is 4. The Bertz CT molecular complexity index is 967. The SMILES string of the molecule is C[C@@H](SCc1cccc2ccccc12)C(=O)Nc1ccc2c(c1)OCCO2. The number of hydrogen-bond donors (Lipinski definition) is 1. The van der Waals surface area contributed by atoms with Gasteiger partial charge in [0.15, 0.2) is 11.5 Å². The third-order valence-electron chi connectivity index (χ3n) is 4.55. The van der Waals surface area contributed by atoms with E-state index < -0.39 is 0 Å². The van der Waals surface area contributed by atoms with Crippen molar-refractivity contribution in [2.24, 2.45) is 0 Å². The second kappa shape index (κ2) is 7.92. The highest BCUT2D eigenvalue weighted by molar-refractivity contribution is 7.99. The first-order chi connectivity index (χ1) is 13.2. The van der Waals surface area contributed by atoms with Gasteiger partial charge in [0, 0.05) is 17.5 Å². The molecule has 1 N–H and O–H groups in total. The molecule has 0 aromatic heterocycles. The number of carbonyl (C=O) groups excluding carboxylic acids is 1. The van der Waals surface area contributed by atoms with Crippen LogP contribution in [-0.2, 0) is 10.5 Å². The summed E-state index contributed by atoms with van der Waals surface area (Å²) < 4.78 is 11.1. The lowest BCUT2D eigenvalue weighted by Crippen LogP contribution is -2.23. The van der Waals surface area contributed by atoms with Crippen molar-refractivity contribution >= 4 is 34.1 Å². The van der Waals surface area contributed by atoms with Crippen LogP contribution >= 0.6 is 11.8 Å². The minimum absolute atomic E-state index is 0.0167. The molecule has 3 aromatic rings. The van der Waals surface area contributed by atoms with Crippen LogP contribution in [0, 0.1) is 0 Å². The van der Waals surface area contributed by atoms with Crippen molar-refractivity contribution in [3.63, 3.8) is 0 Å². The molecule has 0 unspecified atom stereocenters. The van der Waals surface area contributed by atoms with Crippen LogP contribution in [-0.4, -0.2) is 24.4 Å². The van der Waals surface area contributed by atoms with Crippen molar-refractivity contribution in [2.75, 3.05) is 18.5 Å². The van der Waals surface area contributed by atoms with E-state index in [1.807, 2.05) is 31.2 Å². The fourth-order valence-corrected chi connectivity index (χ4v) is 3.97. The molecule has 1 atom stereocenters. The zero-order chi connectivity index (χ0) is 18.6. The highest BCUT2D eigenvalue weighted by atomic mass is 32.2. The van der Waals surface area contributed by atoms with Gasteiger partial charge in [-0.15, -0.1) is 11.8 Å². The molecule has 5 heteroatoms. The molecule has 0 saturated heterocycles. The zero-order valence-corrected chi connectivity index (χ0v) is 15.9. The largest absolute Gasteiger partial charge is 0.486 e. The Morgan fingerprint density at radius 2 is 1.81 bits per heavy atom. The fraction of sp³-hybridized carbons (Fsp3) is 0.227. The van der Waals surface area contributed by atoms with Crippen LogP contribution in [0.4, 0.5) is 5.69 Å². The Hall–Kier alpha value is -2.66. The Morgan fingerprint density at radius 3 is 2.70 bits per heavy atom. The van der Waals surface area contributed by atoms with Crippen LogP contribution in [0.5, 0.6) is 11.5 Å². The number of rotatable bonds is 5. The van der Waals surface area contributed by atoms with Gasteiger partial charge in [-0.05, 0) is 35.4 Å². The molecule has 3 aromatic carbocycles. The van der Waals surface area contributed by atoms with Gasteiger partial charge >= 0.3 is 0 Å². The van der Waals surface area contributed by atoms with Gasteiger partial charge < -0.3 is 14.8 Å². The van der Waals surface area contributed by atoms with Crippen LogP contribution in [0.3, 0.4) is 0 Å².